The van der Waals surface area contributed by atoms with Gasteiger partial charge in [-0.25, -0.2) is 9.97 Å². The summed E-state index contributed by atoms with van der Waals surface area (Å²) in [4.78, 5) is 18.9. The Morgan fingerprint density at radius 3 is 2.94 bits per heavy atom. The number of ether oxygens (including phenoxy) is 1. The number of carbonyl (C=O) groups is 1. The maximum absolute atomic E-state index is 11.1. The number of aromatic nitrogens is 2. The molecule has 0 aliphatic rings. The maximum atomic E-state index is 11.1. The molecule has 16 heavy (non-hydrogen) atoms. The molecule has 6 nitrogen and oxygen atoms in total. The first-order valence-electron chi connectivity index (χ1n) is 4.71. The summed E-state index contributed by atoms with van der Waals surface area (Å²) >= 11 is 0. The molecule has 1 unspecified atom stereocenters. The van der Waals surface area contributed by atoms with Gasteiger partial charge < -0.3 is 10.1 Å². The summed E-state index contributed by atoms with van der Waals surface area (Å²) in [6.07, 6.45) is 2.92. The molecule has 1 aromatic rings. The number of rotatable bonds is 4. The molecule has 0 aromatic carbocycles. The van der Waals surface area contributed by atoms with Crippen LogP contribution in [0.1, 0.15) is 12.6 Å². The zero-order valence-electron chi connectivity index (χ0n) is 9.10. The van der Waals surface area contributed by atoms with Crippen molar-refractivity contribution in [1.82, 2.24) is 9.97 Å². The molecule has 0 aliphatic heterocycles. The Balaban J connectivity index is 2.62. The first-order valence-corrected chi connectivity index (χ1v) is 4.71. The summed E-state index contributed by atoms with van der Waals surface area (Å²) in [5.41, 5.74) is 0.208. The number of hydrogen-bond acceptors (Lipinski definition) is 6. The fourth-order valence-corrected chi connectivity index (χ4v) is 1.08. The van der Waals surface area contributed by atoms with Gasteiger partial charge in [0, 0.05) is 18.9 Å². The minimum atomic E-state index is -0.310. The van der Waals surface area contributed by atoms with E-state index in [-0.39, 0.29) is 17.6 Å². The Morgan fingerprint density at radius 1 is 1.62 bits per heavy atom. The van der Waals surface area contributed by atoms with Gasteiger partial charge in [-0.1, -0.05) is 6.92 Å². The third kappa shape index (κ3) is 2.92. The summed E-state index contributed by atoms with van der Waals surface area (Å²) in [7, 11) is 1.34. The molecule has 0 fully saturated rings. The first-order chi connectivity index (χ1) is 7.69. The molecule has 1 rings (SSSR count). The van der Waals surface area contributed by atoms with E-state index < -0.39 is 0 Å². The van der Waals surface area contributed by atoms with Crippen molar-refractivity contribution in [3.8, 4) is 6.07 Å². The number of anilines is 1. The third-order valence-electron chi connectivity index (χ3n) is 1.98. The fraction of sp³-hybridized carbons (Fsp3) is 0.400. The van der Waals surface area contributed by atoms with Crippen LogP contribution in [0, 0.1) is 17.2 Å². The molecule has 1 heterocycles. The summed E-state index contributed by atoms with van der Waals surface area (Å²) in [6.45, 7) is 2.07. The van der Waals surface area contributed by atoms with Crippen molar-refractivity contribution in [2.24, 2.45) is 5.92 Å². The second kappa shape index (κ2) is 5.66. The zero-order chi connectivity index (χ0) is 12.0. The molecule has 1 atom stereocenters. The molecule has 0 radical (unpaired) electrons. The molecule has 0 aliphatic carbocycles. The van der Waals surface area contributed by atoms with E-state index in [1.54, 1.807) is 6.92 Å². The topological polar surface area (TPSA) is 87.9 Å². The predicted molar refractivity (Wildman–Crippen MR) is 56.4 cm³/mol. The van der Waals surface area contributed by atoms with Gasteiger partial charge in [-0.3, -0.25) is 4.79 Å². The molecular weight excluding hydrogens is 208 g/mol. The molecule has 0 saturated heterocycles. The number of methoxy groups -OCH3 is 1. The number of esters is 1. The summed E-state index contributed by atoms with van der Waals surface area (Å²) in [5, 5.41) is 11.6. The van der Waals surface area contributed by atoms with Crippen molar-refractivity contribution in [2.75, 3.05) is 19.0 Å². The number of hydrogen-bond donors (Lipinski definition) is 1. The monoisotopic (exact) mass is 220 g/mol. The van der Waals surface area contributed by atoms with E-state index in [2.05, 4.69) is 20.0 Å². The number of nitrogens with zero attached hydrogens (tertiary/aromatic N) is 3. The minimum absolute atomic E-state index is 0.208. The Kier molecular flexibility index (Phi) is 4.21. The van der Waals surface area contributed by atoms with Gasteiger partial charge in [0.25, 0.3) is 0 Å². The highest BCUT2D eigenvalue weighted by molar-refractivity contribution is 5.72. The normalized spacial score (nSPS) is 11.3. The van der Waals surface area contributed by atoms with Crippen LogP contribution in [0.2, 0.25) is 0 Å². The molecular formula is C10H12N4O2. The van der Waals surface area contributed by atoms with Crippen LogP contribution in [0.4, 0.5) is 5.82 Å². The van der Waals surface area contributed by atoms with Crippen molar-refractivity contribution in [3.63, 3.8) is 0 Å². The fourth-order valence-electron chi connectivity index (χ4n) is 1.08. The van der Waals surface area contributed by atoms with Crippen LogP contribution in [0.3, 0.4) is 0 Å². The van der Waals surface area contributed by atoms with Crippen molar-refractivity contribution in [1.29, 1.82) is 5.26 Å². The number of carbonyl (C=O) groups excluding carboxylic acids is 1. The van der Waals surface area contributed by atoms with E-state index >= 15 is 0 Å². The molecule has 0 spiro atoms. The van der Waals surface area contributed by atoms with Crippen LogP contribution in [0.5, 0.6) is 0 Å². The Bertz CT molecular complexity index is 414. The lowest BCUT2D eigenvalue weighted by Gasteiger charge is -2.10. The quantitative estimate of drug-likeness (QED) is 0.746. The lowest BCUT2D eigenvalue weighted by atomic mass is 10.2. The molecule has 6 heteroatoms. The average molecular weight is 220 g/mol. The minimum Gasteiger partial charge on any atom is -0.469 e. The number of nitrogens with one attached hydrogen (secondary N) is 1. The van der Waals surface area contributed by atoms with E-state index in [1.807, 2.05) is 6.07 Å². The molecule has 0 bridgehead atoms. The summed E-state index contributed by atoms with van der Waals surface area (Å²) in [6, 6.07) is 1.91. The Labute approximate surface area is 93.3 Å². The highest BCUT2D eigenvalue weighted by Gasteiger charge is 2.13. The van der Waals surface area contributed by atoms with Gasteiger partial charge in [0.05, 0.1) is 13.0 Å². The summed E-state index contributed by atoms with van der Waals surface area (Å²) in [5.74, 6) is -0.241. The van der Waals surface area contributed by atoms with E-state index in [4.69, 9.17) is 5.26 Å². The van der Waals surface area contributed by atoms with Crippen LogP contribution in [0.15, 0.2) is 12.4 Å². The Hall–Kier alpha value is -2.16. The van der Waals surface area contributed by atoms with Gasteiger partial charge >= 0.3 is 5.97 Å². The van der Waals surface area contributed by atoms with Gasteiger partial charge in [0.1, 0.15) is 6.07 Å². The van der Waals surface area contributed by atoms with Crippen LogP contribution in [-0.4, -0.2) is 29.6 Å². The second-order valence-corrected chi connectivity index (χ2v) is 3.17. The van der Waals surface area contributed by atoms with Crippen LogP contribution in [0.25, 0.3) is 0 Å². The highest BCUT2D eigenvalue weighted by Crippen LogP contribution is 2.07. The van der Waals surface area contributed by atoms with Crippen LogP contribution >= 0.6 is 0 Å². The van der Waals surface area contributed by atoms with Gasteiger partial charge in [-0.2, -0.15) is 5.26 Å². The lowest BCUT2D eigenvalue weighted by molar-refractivity contribution is -0.144. The zero-order valence-corrected chi connectivity index (χ0v) is 9.10. The smallest absolute Gasteiger partial charge is 0.310 e. The molecule has 1 aromatic heterocycles. The molecule has 1 N–H and O–H groups in total. The van der Waals surface area contributed by atoms with E-state index in [0.717, 1.165) is 0 Å². The summed E-state index contributed by atoms with van der Waals surface area (Å²) < 4.78 is 4.58. The maximum Gasteiger partial charge on any atom is 0.310 e. The first kappa shape index (κ1) is 11.9. The highest BCUT2D eigenvalue weighted by atomic mass is 16.5. The Morgan fingerprint density at radius 2 is 2.31 bits per heavy atom. The van der Waals surface area contributed by atoms with Gasteiger partial charge in [-0.15, -0.1) is 0 Å². The van der Waals surface area contributed by atoms with Gasteiger partial charge in [0.15, 0.2) is 11.5 Å². The van der Waals surface area contributed by atoms with Gasteiger partial charge in [0.2, 0.25) is 0 Å². The van der Waals surface area contributed by atoms with Gasteiger partial charge in [-0.05, 0) is 0 Å². The lowest BCUT2D eigenvalue weighted by Crippen LogP contribution is -2.22. The van der Waals surface area contributed by atoms with Crippen molar-refractivity contribution in [2.45, 2.75) is 6.92 Å². The molecule has 0 amide bonds. The van der Waals surface area contributed by atoms with Crippen molar-refractivity contribution < 1.29 is 9.53 Å². The van der Waals surface area contributed by atoms with Crippen molar-refractivity contribution >= 4 is 11.8 Å². The van der Waals surface area contributed by atoms with E-state index in [9.17, 15) is 4.79 Å². The standard InChI is InChI=1S/C10H12N4O2/c1-7(10(15)16-2)6-14-9-8(5-11)12-3-4-13-9/h3-4,7H,6H2,1-2H3,(H,13,14). The van der Waals surface area contributed by atoms with Crippen LogP contribution in [-0.2, 0) is 9.53 Å². The number of nitriles is 1. The van der Waals surface area contributed by atoms with E-state index in [0.29, 0.717) is 12.4 Å². The molecule has 0 saturated carbocycles. The van der Waals surface area contributed by atoms with Crippen molar-refractivity contribution in [3.05, 3.63) is 18.1 Å². The van der Waals surface area contributed by atoms with Crippen LogP contribution < -0.4 is 5.32 Å². The SMILES string of the molecule is COC(=O)C(C)CNc1nccnc1C#N. The second-order valence-electron chi connectivity index (χ2n) is 3.17. The largest absolute Gasteiger partial charge is 0.469 e. The average Bonchev–Trinajstić information content (AvgIpc) is 2.35. The third-order valence-corrected chi connectivity index (χ3v) is 1.98. The molecule has 84 valence electrons. The predicted octanol–water partition coefficient (Wildman–Crippen LogP) is 0.569. The van der Waals surface area contributed by atoms with E-state index in [1.165, 1.54) is 19.5 Å².